The van der Waals surface area contributed by atoms with E-state index in [1.807, 2.05) is 0 Å². The highest BCUT2D eigenvalue weighted by Crippen LogP contribution is 2.34. The van der Waals surface area contributed by atoms with E-state index in [1.165, 1.54) is 48.2 Å². The number of alkyl halides is 2. The van der Waals surface area contributed by atoms with Gasteiger partial charge in [-0.2, -0.15) is 5.10 Å². The first-order valence-electron chi connectivity index (χ1n) is 8.66. The van der Waals surface area contributed by atoms with Crippen molar-refractivity contribution in [2.45, 2.75) is 11.3 Å². The first-order chi connectivity index (χ1) is 14.2. The lowest BCUT2D eigenvalue weighted by Gasteiger charge is -2.08. The van der Waals surface area contributed by atoms with Crippen LogP contribution in [0.4, 0.5) is 8.78 Å². The zero-order chi connectivity index (χ0) is 21.6. The van der Waals surface area contributed by atoms with Gasteiger partial charge in [0.2, 0.25) is 10.0 Å². The molecule has 7 nitrogen and oxygen atoms in total. The molecule has 0 fully saturated rings. The molecule has 154 valence electrons. The number of hydrogen-bond donors (Lipinski definition) is 1. The Balaban J connectivity index is 2.00. The van der Waals surface area contributed by atoms with E-state index >= 15 is 0 Å². The lowest BCUT2D eigenvalue weighted by Crippen LogP contribution is -2.12. The van der Waals surface area contributed by atoms with Crippen molar-refractivity contribution in [2.24, 2.45) is 5.14 Å². The summed E-state index contributed by atoms with van der Waals surface area (Å²) in [5.41, 5.74) is 0.702. The van der Waals surface area contributed by atoms with Crippen molar-refractivity contribution in [3.63, 3.8) is 0 Å². The average molecular weight is 431 g/mol. The van der Waals surface area contributed by atoms with E-state index in [0.29, 0.717) is 27.5 Å². The average Bonchev–Trinajstić information content (AvgIpc) is 3.12. The molecule has 0 saturated carbocycles. The molecule has 0 amide bonds. The van der Waals surface area contributed by atoms with Gasteiger partial charge in [0.15, 0.2) is 0 Å². The summed E-state index contributed by atoms with van der Waals surface area (Å²) in [6.45, 7) is 0. The van der Waals surface area contributed by atoms with Crippen molar-refractivity contribution >= 4 is 37.7 Å². The molecule has 0 saturated heterocycles. The van der Waals surface area contributed by atoms with Gasteiger partial charge in [-0.25, -0.2) is 31.8 Å². The maximum atomic E-state index is 13.6. The maximum absolute atomic E-state index is 13.6. The Kier molecular flexibility index (Phi) is 4.75. The monoisotopic (exact) mass is 431 g/mol. The smallest absolute Gasteiger partial charge is 0.337 e. The number of esters is 1. The molecule has 0 aliphatic heterocycles. The number of fused-ring (bicyclic) bond motifs is 3. The SMILES string of the molecule is COC(=O)c1ccc2c(ccc3c(C(F)F)nn(-c4ccc(S(N)(=O)=O)cc4)c32)c1. The molecule has 0 aliphatic carbocycles. The second-order valence-corrected chi connectivity index (χ2v) is 8.09. The number of benzene rings is 3. The molecule has 0 atom stereocenters. The van der Waals surface area contributed by atoms with E-state index in [1.54, 1.807) is 18.2 Å². The van der Waals surface area contributed by atoms with Crippen LogP contribution in [-0.4, -0.2) is 31.3 Å². The molecule has 0 unspecified atom stereocenters. The van der Waals surface area contributed by atoms with Crippen molar-refractivity contribution in [1.29, 1.82) is 0 Å². The molecule has 4 aromatic rings. The van der Waals surface area contributed by atoms with Gasteiger partial charge in [-0.05, 0) is 41.8 Å². The fraction of sp³-hybridized carbons (Fsp3) is 0.100. The van der Waals surface area contributed by atoms with E-state index in [0.717, 1.165) is 0 Å². The highest BCUT2D eigenvalue weighted by molar-refractivity contribution is 7.89. The molecule has 4 rings (SSSR count). The van der Waals surface area contributed by atoms with Gasteiger partial charge < -0.3 is 4.74 Å². The van der Waals surface area contributed by atoms with Gasteiger partial charge in [-0.3, -0.25) is 0 Å². The van der Waals surface area contributed by atoms with Gasteiger partial charge in [0.1, 0.15) is 5.69 Å². The number of primary sulfonamides is 1. The number of halogens is 2. The largest absolute Gasteiger partial charge is 0.465 e. The predicted molar refractivity (Wildman–Crippen MR) is 106 cm³/mol. The molecule has 0 bridgehead atoms. The molecular weight excluding hydrogens is 416 g/mol. The number of nitrogens with two attached hydrogens (primary N) is 1. The summed E-state index contributed by atoms with van der Waals surface area (Å²) in [5.74, 6) is -0.516. The van der Waals surface area contributed by atoms with Crippen LogP contribution in [0, 0.1) is 0 Å². The summed E-state index contributed by atoms with van der Waals surface area (Å²) < 4.78 is 56.3. The van der Waals surface area contributed by atoms with Crippen molar-refractivity contribution in [3.05, 3.63) is 65.9 Å². The first kappa shape index (κ1) is 19.9. The minimum atomic E-state index is -3.90. The number of methoxy groups -OCH3 is 1. The Morgan fingerprint density at radius 2 is 1.73 bits per heavy atom. The number of ether oxygens (including phenoxy) is 1. The van der Waals surface area contributed by atoms with Crippen LogP contribution >= 0.6 is 0 Å². The highest BCUT2D eigenvalue weighted by atomic mass is 32.2. The second-order valence-electron chi connectivity index (χ2n) is 6.53. The Morgan fingerprint density at radius 1 is 1.07 bits per heavy atom. The summed E-state index contributed by atoms with van der Waals surface area (Å²) >= 11 is 0. The number of hydrogen-bond acceptors (Lipinski definition) is 5. The molecule has 1 heterocycles. The molecule has 0 spiro atoms. The summed E-state index contributed by atoms with van der Waals surface area (Å²) in [4.78, 5) is 11.7. The van der Waals surface area contributed by atoms with E-state index in [4.69, 9.17) is 9.88 Å². The normalized spacial score (nSPS) is 12.0. The fourth-order valence-corrected chi connectivity index (χ4v) is 3.85. The number of carbonyl (C=O) groups excluding carboxylic acids is 1. The number of rotatable bonds is 4. The summed E-state index contributed by atoms with van der Waals surface area (Å²) in [6, 6.07) is 13.3. The van der Waals surface area contributed by atoms with Crippen LogP contribution in [0.2, 0.25) is 0 Å². The van der Waals surface area contributed by atoms with Crippen LogP contribution in [0.15, 0.2) is 59.5 Å². The van der Waals surface area contributed by atoms with Gasteiger partial charge in [-0.15, -0.1) is 0 Å². The van der Waals surface area contributed by atoms with Crippen LogP contribution in [0.25, 0.3) is 27.4 Å². The van der Waals surface area contributed by atoms with Gasteiger partial charge in [0.25, 0.3) is 6.43 Å². The maximum Gasteiger partial charge on any atom is 0.337 e. The fourth-order valence-electron chi connectivity index (χ4n) is 3.33. The lowest BCUT2D eigenvalue weighted by molar-refractivity contribution is 0.0601. The Labute approximate surface area is 169 Å². The number of aromatic nitrogens is 2. The third-order valence-electron chi connectivity index (χ3n) is 4.72. The van der Waals surface area contributed by atoms with Crippen molar-refractivity contribution in [1.82, 2.24) is 9.78 Å². The second kappa shape index (κ2) is 7.15. The highest BCUT2D eigenvalue weighted by Gasteiger charge is 2.21. The number of carbonyl (C=O) groups is 1. The third kappa shape index (κ3) is 3.29. The first-order valence-corrected chi connectivity index (χ1v) is 10.2. The summed E-state index contributed by atoms with van der Waals surface area (Å²) in [5, 5.41) is 10.7. The molecule has 1 aromatic heterocycles. The Hall–Kier alpha value is -3.37. The minimum Gasteiger partial charge on any atom is -0.465 e. The van der Waals surface area contributed by atoms with E-state index in [9.17, 15) is 22.0 Å². The summed E-state index contributed by atoms with van der Waals surface area (Å²) in [6.07, 6.45) is -2.82. The zero-order valence-corrected chi connectivity index (χ0v) is 16.4. The Morgan fingerprint density at radius 3 is 2.33 bits per heavy atom. The van der Waals surface area contributed by atoms with Crippen molar-refractivity contribution in [2.75, 3.05) is 7.11 Å². The van der Waals surface area contributed by atoms with E-state index < -0.39 is 28.1 Å². The van der Waals surface area contributed by atoms with Crippen LogP contribution in [0.1, 0.15) is 22.5 Å². The topological polar surface area (TPSA) is 104 Å². The molecule has 30 heavy (non-hydrogen) atoms. The zero-order valence-electron chi connectivity index (χ0n) is 15.5. The molecular formula is C20H15F2N3O4S. The minimum absolute atomic E-state index is 0.107. The standard InChI is InChI=1S/C20H15F2N3O4S/c1-29-20(26)12-3-8-15-11(10-12)2-9-16-17(19(21)22)24-25(18(15)16)13-4-6-14(7-5-13)30(23,27)28/h2-10,19H,1H3,(H2,23,27,28). The van der Waals surface area contributed by atoms with Gasteiger partial charge >= 0.3 is 5.97 Å². The van der Waals surface area contributed by atoms with Crippen molar-refractivity contribution in [3.8, 4) is 5.69 Å². The van der Waals surface area contributed by atoms with Crippen LogP contribution in [-0.2, 0) is 14.8 Å². The predicted octanol–water partition coefficient (Wildman–Crippen LogP) is 3.55. The van der Waals surface area contributed by atoms with Gasteiger partial charge in [0, 0.05) is 10.8 Å². The van der Waals surface area contributed by atoms with Crippen LogP contribution in [0.5, 0.6) is 0 Å². The van der Waals surface area contributed by atoms with Crippen molar-refractivity contribution < 1.29 is 26.7 Å². The molecule has 2 N–H and O–H groups in total. The molecule has 3 aromatic carbocycles. The molecule has 0 aliphatic rings. The third-order valence-corrected chi connectivity index (χ3v) is 5.65. The molecule has 10 heteroatoms. The number of nitrogens with zero attached hydrogens (tertiary/aromatic N) is 2. The van der Waals surface area contributed by atoms with Gasteiger partial charge in [-0.1, -0.05) is 18.2 Å². The van der Waals surface area contributed by atoms with E-state index in [2.05, 4.69) is 5.10 Å². The number of sulfonamides is 1. The van der Waals surface area contributed by atoms with Gasteiger partial charge in [0.05, 0.1) is 28.8 Å². The van der Waals surface area contributed by atoms with E-state index in [-0.39, 0.29) is 10.3 Å². The Bertz CT molecular complexity index is 1400. The van der Waals surface area contributed by atoms with Crippen LogP contribution < -0.4 is 5.14 Å². The lowest BCUT2D eigenvalue weighted by atomic mass is 10.0. The molecule has 0 radical (unpaired) electrons. The quantitative estimate of drug-likeness (QED) is 0.498. The van der Waals surface area contributed by atoms with Crippen LogP contribution in [0.3, 0.4) is 0 Å². The summed E-state index contributed by atoms with van der Waals surface area (Å²) in [7, 11) is -2.63.